The van der Waals surface area contributed by atoms with Crippen molar-refractivity contribution in [2.24, 2.45) is 0 Å². The smallest absolute Gasteiger partial charge is 0.335 e. The van der Waals surface area contributed by atoms with Crippen molar-refractivity contribution in [2.45, 2.75) is 25.2 Å². The molecule has 2 N–H and O–H groups in total. The lowest BCUT2D eigenvalue weighted by Gasteiger charge is -2.10. The predicted molar refractivity (Wildman–Crippen MR) is 72.6 cm³/mol. The standard InChI is InChI=1S/C12H13N3O5S/c1-3-8-4-5-9(11(16)17)6-10(8)21(18,19)15-12-14-13-7(2)20-12/h4-6H,3H2,1-2H3,(H,14,15)(H,16,17). The molecule has 2 aromatic rings. The number of aromatic carboxylic acids is 1. The van der Waals surface area contributed by atoms with Crippen LogP contribution in [0.1, 0.15) is 28.7 Å². The molecule has 0 saturated heterocycles. The molecule has 0 spiro atoms. The number of anilines is 1. The Hall–Kier alpha value is -2.42. The number of rotatable bonds is 5. The van der Waals surface area contributed by atoms with Gasteiger partial charge in [-0.2, -0.15) is 0 Å². The molecule has 9 heteroatoms. The highest BCUT2D eigenvalue weighted by atomic mass is 32.2. The van der Waals surface area contributed by atoms with Crippen LogP contribution in [0.15, 0.2) is 27.5 Å². The Labute approximate surface area is 120 Å². The second-order valence-corrected chi connectivity index (χ2v) is 5.86. The predicted octanol–water partition coefficient (Wildman–Crippen LogP) is 1.44. The maximum absolute atomic E-state index is 12.3. The van der Waals surface area contributed by atoms with E-state index in [0.717, 1.165) is 6.07 Å². The van der Waals surface area contributed by atoms with Gasteiger partial charge in [-0.25, -0.2) is 17.9 Å². The van der Waals surface area contributed by atoms with Crippen LogP contribution in [-0.4, -0.2) is 29.7 Å². The maximum atomic E-state index is 12.3. The Kier molecular flexibility index (Phi) is 3.94. The molecule has 0 fully saturated rings. The second kappa shape index (κ2) is 5.52. The van der Waals surface area contributed by atoms with Crippen molar-refractivity contribution in [1.29, 1.82) is 0 Å². The topological polar surface area (TPSA) is 122 Å². The first-order valence-electron chi connectivity index (χ1n) is 6.02. The summed E-state index contributed by atoms with van der Waals surface area (Å²) >= 11 is 0. The van der Waals surface area contributed by atoms with Crippen molar-refractivity contribution in [3.63, 3.8) is 0 Å². The van der Waals surface area contributed by atoms with E-state index in [1.54, 1.807) is 6.92 Å². The van der Waals surface area contributed by atoms with Crippen molar-refractivity contribution in [2.75, 3.05) is 4.72 Å². The van der Waals surface area contributed by atoms with Gasteiger partial charge < -0.3 is 9.52 Å². The SMILES string of the molecule is CCc1ccc(C(=O)O)cc1S(=O)(=O)Nc1nnc(C)o1. The Balaban J connectivity index is 2.47. The number of hydrogen-bond acceptors (Lipinski definition) is 6. The Bertz CT molecular complexity index is 782. The van der Waals surface area contributed by atoms with Crippen LogP contribution in [0, 0.1) is 6.92 Å². The fourth-order valence-corrected chi connectivity index (χ4v) is 3.00. The van der Waals surface area contributed by atoms with Crippen LogP contribution < -0.4 is 4.72 Å². The molecule has 0 bridgehead atoms. The molecule has 0 atom stereocenters. The molecule has 0 saturated carbocycles. The summed E-state index contributed by atoms with van der Waals surface area (Å²) in [6.45, 7) is 3.29. The third-order valence-electron chi connectivity index (χ3n) is 2.73. The molecular weight excluding hydrogens is 298 g/mol. The normalized spacial score (nSPS) is 11.3. The summed E-state index contributed by atoms with van der Waals surface area (Å²) in [6, 6.07) is 3.66. The lowest BCUT2D eigenvalue weighted by Crippen LogP contribution is -2.16. The summed E-state index contributed by atoms with van der Waals surface area (Å²) < 4.78 is 31.8. The molecule has 8 nitrogen and oxygen atoms in total. The number of benzene rings is 1. The van der Waals surface area contributed by atoms with E-state index in [4.69, 9.17) is 9.52 Å². The van der Waals surface area contributed by atoms with E-state index >= 15 is 0 Å². The summed E-state index contributed by atoms with van der Waals surface area (Å²) in [6.07, 6.45) is 0.430. The summed E-state index contributed by atoms with van der Waals surface area (Å²) in [5.74, 6) is -0.995. The number of carboxylic acids is 1. The molecule has 0 amide bonds. The molecule has 0 unspecified atom stereocenters. The van der Waals surface area contributed by atoms with Crippen LogP contribution in [0.5, 0.6) is 0 Å². The van der Waals surface area contributed by atoms with Gasteiger partial charge in [0.1, 0.15) is 0 Å². The van der Waals surface area contributed by atoms with Gasteiger partial charge >= 0.3 is 12.0 Å². The maximum Gasteiger partial charge on any atom is 0.335 e. The lowest BCUT2D eigenvalue weighted by molar-refractivity contribution is 0.0696. The number of aryl methyl sites for hydroxylation is 2. The van der Waals surface area contributed by atoms with Crippen LogP contribution in [0.3, 0.4) is 0 Å². The quantitative estimate of drug-likeness (QED) is 0.856. The first-order valence-corrected chi connectivity index (χ1v) is 7.51. The summed E-state index contributed by atoms with van der Waals surface area (Å²) in [7, 11) is -4.01. The second-order valence-electron chi connectivity index (χ2n) is 4.21. The minimum atomic E-state index is -4.01. The Morgan fingerprint density at radius 3 is 2.62 bits per heavy atom. The molecule has 1 aromatic carbocycles. The van der Waals surface area contributed by atoms with E-state index < -0.39 is 16.0 Å². The third-order valence-corrected chi connectivity index (χ3v) is 4.13. The number of carbonyl (C=O) groups is 1. The van der Waals surface area contributed by atoms with Crippen LogP contribution in [0.2, 0.25) is 0 Å². The molecule has 1 heterocycles. The van der Waals surface area contributed by atoms with Gasteiger partial charge in [-0.1, -0.05) is 18.1 Å². The molecule has 1 aromatic heterocycles. The van der Waals surface area contributed by atoms with Crippen LogP contribution in [0.25, 0.3) is 0 Å². The Morgan fingerprint density at radius 1 is 1.38 bits per heavy atom. The molecule has 0 aliphatic rings. The zero-order chi connectivity index (χ0) is 15.6. The first kappa shape index (κ1) is 15.0. The average molecular weight is 311 g/mol. The summed E-state index contributed by atoms with van der Waals surface area (Å²) in [5, 5.41) is 16.0. The monoisotopic (exact) mass is 311 g/mol. The van der Waals surface area contributed by atoms with E-state index in [0.29, 0.717) is 12.0 Å². The van der Waals surface area contributed by atoms with E-state index in [1.165, 1.54) is 19.1 Å². The van der Waals surface area contributed by atoms with Crippen LogP contribution in [-0.2, 0) is 16.4 Å². The fraction of sp³-hybridized carbons (Fsp3) is 0.250. The van der Waals surface area contributed by atoms with Gasteiger partial charge in [0.2, 0.25) is 5.89 Å². The highest BCUT2D eigenvalue weighted by molar-refractivity contribution is 7.92. The minimum absolute atomic E-state index is 0.116. The van der Waals surface area contributed by atoms with Gasteiger partial charge in [-0.15, -0.1) is 5.10 Å². The molecule has 0 aliphatic heterocycles. The van der Waals surface area contributed by atoms with Crippen molar-refractivity contribution < 1.29 is 22.7 Å². The number of nitrogens with one attached hydrogen (secondary N) is 1. The van der Waals surface area contributed by atoms with E-state index in [-0.39, 0.29) is 22.4 Å². The highest BCUT2D eigenvalue weighted by Crippen LogP contribution is 2.21. The number of carboxylic acid groups (broad SMARTS) is 1. The highest BCUT2D eigenvalue weighted by Gasteiger charge is 2.22. The van der Waals surface area contributed by atoms with Gasteiger partial charge in [0.05, 0.1) is 10.5 Å². The summed E-state index contributed by atoms with van der Waals surface area (Å²) in [4.78, 5) is 10.9. The first-order chi connectivity index (χ1) is 9.83. The average Bonchev–Trinajstić information content (AvgIpc) is 2.82. The van der Waals surface area contributed by atoms with Gasteiger partial charge in [0.25, 0.3) is 10.0 Å². The largest absolute Gasteiger partial charge is 0.478 e. The zero-order valence-corrected chi connectivity index (χ0v) is 12.1. The number of sulfonamides is 1. The molecular formula is C12H13N3O5S. The molecule has 0 radical (unpaired) electrons. The zero-order valence-electron chi connectivity index (χ0n) is 11.3. The number of hydrogen-bond donors (Lipinski definition) is 2. The van der Waals surface area contributed by atoms with E-state index in [9.17, 15) is 13.2 Å². The summed E-state index contributed by atoms with van der Waals surface area (Å²) in [5.41, 5.74) is 0.373. The Morgan fingerprint density at radius 2 is 2.10 bits per heavy atom. The van der Waals surface area contributed by atoms with Crippen molar-refractivity contribution in [3.05, 3.63) is 35.2 Å². The van der Waals surface area contributed by atoms with Crippen LogP contribution >= 0.6 is 0 Å². The van der Waals surface area contributed by atoms with Crippen LogP contribution in [0.4, 0.5) is 6.01 Å². The van der Waals surface area contributed by atoms with Crippen molar-refractivity contribution >= 4 is 22.0 Å². The number of nitrogens with zero attached hydrogens (tertiary/aromatic N) is 2. The van der Waals surface area contributed by atoms with Gasteiger partial charge in [0, 0.05) is 6.92 Å². The minimum Gasteiger partial charge on any atom is -0.478 e. The molecule has 21 heavy (non-hydrogen) atoms. The van der Waals surface area contributed by atoms with Gasteiger partial charge in [-0.3, -0.25) is 0 Å². The van der Waals surface area contributed by atoms with Gasteiger partial charge in [0.15, 0.2) is 0 Å². The van der Waals surface area contributed by atoms with Crippen molar-refractivity contribution in [1.82, 2.24) is 10.2 Å². The molecule has 0 aliphatic carbocycles. The lowest BCUT2D eigenvalue weighted by atomic mass is 10.1. The van der Waals surface area contributed by atoms with Gasteiger partial charge in [-0.05, 0) is 24.1 Å². The third kappa shape index (κ3) is 3.19. The number of aromatic nitrogens is 2. The van der Waals surface area contributed by atoms with E-state index in [2.05, 4.69) is 14.9 Å². The van der Waals surface area contributed by atoms with E-state index in [1.807, 2.05) is 0 Å². The molecule has 112 valence electrons. The van der Waals surface area contributed by atoms with Crippen molar-refractivity contribution in [3.8, 4) is 0 Å². The fourth-order valence-electron chi connectivity index (χ4n) is 1.74. The molecule has 2 rings (SSSR count).